The van der Waals surface area contributed by atoms with E-state index in [1.165, 1.54) is 20.3 Å². The number of aromatic nitrogens is 2. The summed E-state index contributed by atoms with van der Waals surface area (Å²) in [5, 5.41) is 5.47. The molecule has 0 saturated heterocycles. The molecule has 2 heterocycles. The van der Waals surface area contributed by atoms with Crippen molar-refractivity contribution in [2.75, 3.05) is 24.9 Å². The van der Waals surface area contributed by atoms with Gasteiger partial charge in [-0.15, -0.1) is 0 Å². The van der Waals surface area contributed by atoms with Gasteiger partial charge in [0.05, 0.1) is 31.4 Å². The molecular weight excluding hydrogens is 463 g/mol. The number of nitrogens with one attached hydrogen (secondary N) is 3. The lowest BCUT2D eigenvalue weighted by Crippen LogP contribution is -2.36. The number of benzene rings is 2. The van der Waals surface area contributed by atoms with Gasteiger partial charge < -0.3 is 25.1 Å². The average Bonchev–Trinajstić information content (AvgIpc) is 2.83. The summed E-state index contributed by atoms with van der Waals surface area (Å²) >= 11 is 1.11. The van der Waals surface area contributed by atoms with Crippen molar-refractivity contribution in [3.63, 3.8) is 0 Å². The van der Waals surface area contributed by atoms with Crippen molar-refractivity contribution in [2.24, 2.45) is 0 Å². The van der Waals surface area contributed by atoms with E-state index in [0.717, 1.165) is 11.8 Å². The first-order valence-corrected chi connectivity index (χ1v) is 11.2. The van der Waals surface area contributed by atoms with Crippen LogP contribution in [0.5, 0.6) is 11.5 Å². The average molecular weight is 485 g/mol. The monoisotopic (exact) mass is 484 g/mol. The van der Waals surface area contributed by atoms with E-state index in [-0.39, 0.29) is 34.5 Å². The Labute approximate surface area is 198 Å². The molecule has 34 heavy (non-hydrogen) atoms. The summed E-state index contributed by atoms with van der Waals surface area (Å²) in [6.07, 6.45) is -0.218. The number of anilines is 2. The second-order valence-electron chi connectivity index (χ2n) is 7.37. The number of hydrogen-bond donors (Lipinski definition) is 3. The maximum Gasteiger partial charge on any atom is 0.257 e. The number of methoxy groups -OCH3 is 2. The van der Waals surface area contributed by atoms with Gasteiger partial charge in [0.15, 0.2) is 5.16 Å². The zero-order valence-corrected chi connectivity index (χ0v) is 19.1. The standard InChI is InChI=1S/C23H21FN4O5S/c1-32-13-7-8-16(17(9-13)33-2)25-21(30)14-10-18(29)26-20-19(14)22(31)28-23(27-20)34-11-12-5-3-4-6-15(12)24/h3-9,14H,10-11H2,1-2H3,(H,25,30)(H2,26,27,28,29,31)/t14-/m0/s1. The molecule has 0 fully saturated rings. The maximum absolute atomic E-state index is 13.9. The predicted molar refractivity (Wildman–Crippen MR) is 125 cm³/mol. The van der Waals surface area contributed by atoms with Gasteiger partial charge in [0.1, 0.15) is 23.1 Å². The van der Waals surface area contributed by atoms with Crippen LogP contribution in [-0.2, 0) is 15.3 Å². The fourth-order valence-corrected chi connectivity index (χ4v) is 4.37. The minimum absolute atomic E-state index is 0.0119. The molecule has 4 rings (SSSR count). The molecular formula is C23H21FN4O5S. The summed E-state index contributed by atoms with van der Waals surface area (Å²) < 4.78 is 24.3. The number of hydrogen-bond acceptors (Lipinski definition) is 7. The minimum Gasteiger partial charge on any atom is -0.497 e. The summed E-state index contributed by atoms with van der Waals surface area (Å²) in [4.78, 5) is 45.2. The number of aromatic amines is 1. The Morgan fingerprint density at radius 1 is 1.21 bits per heavy atom. The quantitative estimate of drug-likeness (QED) is 0.347. The maximum atomic E-state index is 13.9. The molecule has 1 aliphatic rings. The molecule has 1 atom stereocenters. The van der Waals surface area contributed by atoms with E-state index >= 15 is 0 Å². The summed E-state index contributed by atoms with van der Waals surface area (Å²) in [5.74, 6) is -1.29. The fraction of sp³-hybridized carbons (Fsp3) is 0.217. The molecule has 3 N–H and O–H groups in total. The van der Waals surface area contributed by atoms with Crippen LogP contribution in [0.25, 0.3) is 0 Å². The van der Waals surface area contributed by atoms with Gasteiger partial charge in [-0.2, -0.15) is 0 Å². The molecule has 1 aliphatic heterocycles. The smallest absolute Gasteiger partial charge is 0.257 e. The number of nitrogens with zero attached hydrogens (tertiary/aromatic N) is 1. The summed E-state index contributed by atoms with van der Waals surface area (Å²) in [6, 6.07) is 11.1. The van der Waals surface area contributed by atoms with Gasteiger partial charge in [-0.05, 0) is 23.8 Å². The van der Waals surface area contributed by atoms with Crippen LogP contribution in [0.2, 0.25) is 0 Å². The van der Waals surface area contributed by atoms with E-state index in [1.807, 2.05) is 0 Å². The van der Waals surface area contributed by atoms with Crippen LogP contribution in [-0.4, -0.2) is 36.0 Å². The molecule has 2 amide bonds. The Morgan fingerprint density at radius 3 is 2.74 bits per heavy atom. The molecule has 0 bridgehead atoms. The normalized spacial score (nSPS) is 14.7. The van der Waals surface area contributed by atoms with Gasteiger partial charge in [0.25, 0.3) is 5.56 Å². The number of fused-ring (bicyclic) bond motifs is 1. The zero-order chi connectivity index (χ0) is 24.2. The van der Waals surface area contributed by atoms with E-state index in [4.69, 9.17) is 9.47 Å². The first kappa shape index (κ1) is 23.3. The van der Waals surface area contributed by atoms with Crippen LogP contribution in [0.4, 0.5) is 15.9 Å². The van der Waals surface area contributed by atoms with Crippen LogP contribution in [0.1, 0.15) is 23.5 Å². The van der Waals surface area contributed by atoms with Crippen molar-refractivity contribution in [1.29, 1.82) is 0 Å². The molecule has 0 spiro atoms. The van der Waals surface area contributed by atoms with Crippen LogP contribution in [0.15, 0.2) is 52.4 Å². The first-order valence-electron chi connectivity index (χ1n) is 10.2. The van der Waals surface area contributed by atoms with Crippen molar-refractivity contribution < 1.29 is 23.5 Å². The van der Waals surface area contributed by atoms with E-state index in [1.54, 1.807) is 36.4 Å². The highest BCUT2D eigenvalue weighted by Crippen LogP contribution is 2.34. The molecule has 0 aliphatic carbocycles. The molecule has 0 radical (unpaired) electrons. The lowest BCUT2D eigenvalue weighted by molar-refractivity contribution is -0.123. The molecule has 3 aromatic rings. The van der Waals surface area contributed by atoms with Gasteiger partial charge in [-0.25, -0.2) is 9.37 Å². The molecule has 11 heteroatoms. The molecule has 2 aromatic carbocycles. The Bertz CT molecular complexity index is 1310. The highest BCUT2D eigenvalue weighted by Gasteiger charge is 2.35. The number of carbonyl (C=O) groups excluding carboxylic acids is 2. The van der Waals surface area contributed by atoms with Gasteiger partial charge in [0, 0.05) is 18.2 Å². The largest absolute Gasteiger partial charge is 0.497 e. The number of ether oxygens (including phenoxy) is 2. The van der Waals surface area contributed by atoms with Crippen molar-refractivity contribution >= 4 is 35.1 Å². The van der Waals surface area contributed by atoms with E-state index in [2.05, 4.69) is 20.6 Å². The number of amides is 2. The van der Waals surface area contributed by atoms with Gasteiger partial charge in [0.2, 0.25) is 11.8 Å². The summed E-state index contributed by atoms with van der Waals surface area (Å²) in [6.45, 7) is 0. The Hall–Kier alpha value is -3.86. The SMILES string of the molecule is COc1ccc(NC(=O)[C@H]2CC(=O)Nc3nc(SCc4ccccc4F)[nH]c(=O)c32)c(OC)c1. The van der Waals surface area contributed by atoms with Crippen molar-refractivity contribution in [3.05, 3.63) is 69.8 Å². The van der Waals surface area contributed by atoms with E-state index in [9.17, 15) is 18.8 Å². The molecule has 176 valence electrons. The number of carbonyl (C=O) groups is 2. The minimum atomic E-state index is -1.06. The van der Waals surface area contributed by atoms with Crippen molar-refractivity contribution in [1.82, 2.24) is 9.97 Å². The van der Waals surface area contributed by atoms with Crippen LogP contribution in [0.3, 0.4) is 0 Å². The molecule has 0 unspecified atom stereocenters. The Balaban J connectivity index is 1.59. The number of rotatable bonds is 7. The topological polar surface area (TPSA) is 122 Å². The Kier molecular flexibility index (Phi) is 6.82. The zero-order valence-electron chi connectivity index (χ0n) is 18.3. The van der Waals surface area contributed by atoms with E-state index in [0.29, 0.717) is 22.7 Å². The van der Waals surface area contributed by atoms with Gasteiger partial charge in [-0.3, -0.25) is 14.4 Å². The Morgan fingerprint density at radius 2 is 2.00 bits per heavy atom. The number of halogens is 1. The van der Waals surface area contributed by atoms with Gasteiger partial charge in [-0.1, -0.05) is 30.0 Å². The molecule has 1 aromatic heterocycles. The van der Waals surface area contributed by atoms with Crippen LogP contribution in [0, 0.1) is 5.82 Å². The highest BCUT2D eigenvalue weighted by molar-refractivity contribution is 7.98. The third-order valence-electron chi connectivity index (χ3n) is 5.23. The summed E-state index contributed by atoms with van der Waals surface area (Å²) in [7, 11) is 2.95. The predicted octanol–water partition coefficient (Wildman–Crippen LogP) is 3.28. The lowest BCUT2D eigenvalue weighted by atomic mass is 9.92. The number of H-pyrrole nitrogens is 1. The first-order chi connectivity index (χ1) is 16.4. The third kappa shape index (κ3) is 4.88. The fourth-order valence-electron chi connectivity index (χ4n) is 3.53. The van der Waals surface area contributed by atoms with Crippen LogP contribution >= 0.6 is 11.8 Å². The van der Waals surface area contributed by atoms with Crippen molar-refractivity contribution in [3.8, 4) is 11.5 Å². The summed E-state index contributed by atoms with van der Waals surface area (Å²) in [5.41, 5.74) is 0.313. The molecule has 0 saturated carbocycles. The van der Waals surface area contributed by atoms with Crippen molar-refractivity contribution in [2.45, 2.75) is 23.2 Å². The van der Waals surface area contributed by atoms with Gasteiger partial charge >= 0.3 is 0 Å². The van der Waals surface area contributed by atoms with Crippen LogP contribution < -0.4 is 25.7 Å². The second-order valence-corrected chi connectivity index (χ2v) is 8.34. The lowest BCUT2D eigenvalue weighted by Gasteiger charge is -2.24. The second kappa shape index (κ2) is 9.96. The third-order valence-corrected chi connectivity index (χ3v) is 6.16. The number of thioether (sulfide) groups is 1. The molecule has 9 nitrogen and oxygen atoms in total. The van der Waals surface area contributed by atoms with E-state index < -0.39 is 23.3 Å². The highest BCUT2D eigenvalue weighted by atomic mass is 32.2.